The van der Waals surface area contributed by atoms with E-state index in [0.29, 0.717) is 41.3 Å². The van der Waals surface area contributed by atoms with Crippen LogP contribution < -0.4 is 0 Å². The number of aliphatic hydroxyl groups excluding tert-OH is 1. The van der Waals surface area contributed by atoms with E-state index in [-0.39, 0.29) is 16.9 Å². The van der Waals surface area contributed by atoms with Gasteiger partial charge in [-0.3, -0.25) is 4.79 Å². The SMILES string of the molecule is CC(C)C(C)C=C[C@@H](C)[C@H]1CC(=O)C2=C3CC[C@H]4C[C@H](O)CC[C@]4(C)[C@H]3CC[C@@]21C. The minimum atomic E-state index is -0.107. The van der Waals surface area contributed by atoms with Crippen LogP contribution in [0.3, 0.4) is 0 Å². The van der Waals surface area contributed by atoms with E-state index < -0.39 is 0 Å². The fraction of sp³-hybridized carbons (Fsp3) is 0.821. The van der Waals surface area contributed by atoms with Crippen molar-refractivity contribution in [2.75, 3.05) is 0 Å². The number of hydrogen-bond donors (Lipinski definition) is 1. The summed E-state index contributed by atoms with van der Waals surface area (Å²) in [7, 11) is 0. The molecule has 0 aliphatic heterocycles. The third-order valence-electron chi connectivity index (χ3n) is 10.2. The van der Waals surface area contributed by atoms with E-state index in [9.17, 15) is 9.90 Å². The highest BCUT2D eigenvalue weighted by Gasteiger charge is 2.57. The molecule has 3 fully saturated rings. The summed E-state index contributed by atoms with van der Waals surface area (Å²) in [6, 6.07) is 0. The predicted molar refractivity (Wildman–Crippen MR) is 124 cm³/mol. The van der Waals surface area contributed by atoms with E-state index in [1.54, 1.807) is 0 Å². The summed E-state index contributed by atoms with van der Waals surface area (Å²) in [6.07, 6.45) is 13.1. The Morgan fingerprint density at radius 3 is 2.47 bits per heavy atom. The third-order valence-corrected chi connectivity index (χ3v) is 10.2. The van der Waals surface area contributed by atoms with Gasteiger partial charge in [0.05, 0.1) is 6.10 Å². The largest absolute Gasteiger partial charge is 0.393 e. The lowest BCUT2D eigenvalue weighted by molar-refractivity contribution is -0.115. The van der Waals surface area contributed by atoms with E-state index in [4.69, 9.17) is 0 Å². The average molecular weight is 413 g/mol. The summed E-state index contributed by atoms with van der Waals surface area (Å²) in [5.74, 6) is 3.80. The molecule has 1 unspecified atom stereocenters. The number of ketones is 1. The Hall–Kier alpha value is -0.890. The van der Waals surface area contributed by atoms with Gasteiger partial charge in [0.15, 0.2) is 5.78 Å². The van der Waals surface area contributed by atoms with E-state index in [0.717, 1.165) is 44.9 Å². The van der Waals surface area contributed by atoms with Crippen molar-refractivity contribution >= 4 is 5.78 Å². The molecule has 3 saturated carbocycles. The van der Waals surface area contributed by atoms with E-state index >= 15 is 0 Å². The zero-order chi connectivity index (χ0) is 21.8. The van der Waals surface area contributed by atoms with Crippen molar-refractivity contribution in [2.24, 2.45) is 46.3 Å². The van der Waals surface area contributed by atoms with Gasteiger partial charge >= 0.3 is 0 Å². The molecule has 2 nitrogen and oxygen atoms in total. The molecular formula is C28H44O2. The van der Waals surface area contributed by atoms with Crippen LogP contribution in [0.25, 0.3) is 0 Å². The van der Waals surface area contributed by atoms with Crippen LogP contribution in [0.5, 0.6) is 0 Å². The Kier molecular flexibility index (Phi) is 5.88. The summed E-state index contributed by atoms with van der Waals surface area (Å²) >= 11 is 0. The molecule has 4 aliphatic rings. The third kappa shape index (κ3) is 3.46. The molecule has 0 radical (unpaired) electrons. The molecule has 0 bridgehead atoms. The Morgan fingerprint density at radius 1 is 1.03 bits per heavy atom. The van der Waals surface area contributed by atoms with Crippen LogP contribution in [0.4, 0.5) is 0 Å². The molecule has 4 rings (SSSR count). The van der Waals surface area contributed by atoms with Crippen LogP contribution in [0.1, 0.15) is 92.9 Å². The molecule has 0 aromatic heterocycles. The summed E-state index contributed by atoms with van der Waals surface area (Å²) in [5.41, 5.74) is 3.15. The van der Waals surface area contributed by atoms with Crippen LogP contribution in [-0.2, 0) is 4.79 Å². The number of rotatable bonds is 4. The van der Waals surface area contributed by atoms with Gasteiger partial charge in [-0.1, -0.05) is 59.3 Å². The van der Waals surface area contributed by atoms with Crippen LogP contribution in [-0.4, -0.2) is 17.0 Å². The number of carbonyl (C=O) groups is 1. The molecule has 8 atom stereocenters. The van der Waals surface area contributed by atoms with Crippen LogP contribution >= 0.6 is 0 Å². The van der Waals surface area contributed by atoms with Gasteiger partial charge < -0.3 is 5.11 Å². The minimum Gasteiger partial charge on any atom is -0.393 e. The predicted octanol–water partition coefficient (Wildman–Crippen LogP) is 6.73. The summed E-state index contributed by atoms with van der Waals surface area (Å²) in [5, 5.41) is 10.2. The van der Waals surface area contributed by atoms with Gasteiger partial charge in [-0.05, 0) is 91.3 Å². The first kappa shape index (κ1) is 22.3. The summed E-state index contributed by atoms with van der Waals surface area (Å²) < 4.78 is 0. The minimum absolute atomic E-state index is 0.0606. The molecule has 1 N–H and O–H groups in total. The molecular weight excluding hydrogens is 368 g/mol. The van der Waals surface area contributed by atoms with Crippen LogP contribution in [0.2, 0.25) is 0 Å². The Morgan fingerprint density at radius 2 is 1.77 bits per heavy atom. The van der Waals surface area contributed by atoms with Crippen LogP contribution in [0.15, 0.2) is 23.3 Å². The lowest BCUT2D eigenvalue weighted by atomic mass is 9.49. The fourth-order valence-electron chi connectivity index (χ4n) is 7.81. The van der Waals surface area contributed by atoms with Crippen molar-refractivity contribution in [1.82, 2.24) is 0 Å². The molecule has 4 aliphatic carbocycles. The number of allylic oxidation sites excluding steroid dienone is 4. The highest BCUT2D eigenvalue weighted by Crippen LogP contribution is 2.65. The van der Waals surface area contributed by atoms with Crippen molar-refractivity contribution in [3.05, 3.63) is 23.3 Å². The summed E-state index contributed by atoms with van der Waals surface area (Å²) in [6.45, 7) is 14.1. The standard InChI is InChI=1S/C28H44O2/c1-17(2)18(3)7-8-19(4)24-16-25(30)26-22-10-9-20-15-21(29)11-13-27(20,5)23(22)12-14-28(24,26)6/h7-8,17-21,23-24,29H,9-16H2,1-6H3/t18?,19-,20+,21-,23+,24-,27+,28-/m1/s1. The lowest BCUT2D eigenvalue weighted by Crippen LogP contribution is -2.48. The maximum absolute atomic E-state index is 13.4. The highest BCUT2D eigenvalue weighted by molar-refractivity contribution is 6.00. The second kappa shape index (κ2) is 7.91. The first-order valence-corrected chi connectivity index (χ1v) is 12.7. The number of Topliss-reactive ketones (excluding diaryl/α,β-unsaturated/α-hetero) is 1. The second-order valence-electron chi connectivity index (χ2n) is 12.2. The number of aliphatic hydroxyl groups is 1. The maximum atomic E-state index is 13.4. The monoisotopic (exact) mass is 412 g/mol. The Bertz CT molecular complexity index is 746. The molecule has 0 heterocycles. The smallest absolute Gasteiger partial charge is 0.159 e. The molecule has 168 valence electrons. The Balaban J connectivity index is 1.63. The van der Waals surface area contributed by atoms with Gasteiger partial charge in [0.2, 0.25) is 0 Å². The molecule has 0 saturated heterocycles. The molecule has 30 heavy (non-hydrogen) atoms. The first-order valence-electron chi connectivity index (χ1n) is 12.7. The van der Waals surface area contributed by atoms with Gasteiger partial charge in [0.1, 0.15) is 0 Å². The highest BCUT2D eigenvalue weighted by atomic mass is 16.3. The average Bonchev–Trinajstić information content (AvgIpc) is 2.97. The normalized spacial score (nSPS) is 43.5. The molecule has 0 amide bonds. The van der Waals surface area contributed by atoms with Crippen molar-refractivity contribution in [3.63, 3.8) is 0 Å². The topological polar surface area (TPSA) is 37.3 Å². The molecule has 2 heteroatoms. The quantitative estimate of drug-likeness (QED) is 0.520. The molecule has 0 spiro atoms. The van der Waals surface area contributed by atoms with Crippen molar-refractivity contribution in [2.45, 2.75) is 99.0 Å². The van der Waals surface area contributed by atoms with Gasteiger partial charge in [0, 0.05) is 12.0 Å². The Labute approximate surface area is 184 Å². The fourth-order valence-corrected chi connectivity index (χ4v) is 7.81. The van der Waals surface area contributed by atoms with Gasteiger partial charge in [-0.2, -0.15) is 0 Å². The summed E-state index contributed by atoms with van der Waals surface area (Å²) in [4.78, 5) is 13.4. The number of hydrogen-bond acceptors (Lipinski definition) is 2. The number of fused-ring (bicyclic) bond motifs is 4. The van der Waals surface area contributed by atoms with Crippen molar-refractivity contribution < 1.29 is 9.90 Å². The zero-order valence-electron chi connectivity index (χ0n) is 20.2. The molecule has 0 aromatic carbocycles. The number of carbonyl (C=O) groups excluding carboxylic acids is 1. The zero-order valence-corrected chi connectivity index (χ0v) is 20.2. The second-order valence-corrected chi connectivity index (χ2v) is 12.2. The van der Waals surface area contributed by atoms with E-state index in [2.05, 4.69) is 53.7 Å². The lowest BCUT2D eigenvalue weighted by Gasteiger charge is -2.56. The van der Waals surface area contributed by atoms with Crippen LogP contribution in [0, 0.1) is 46.3 Å². The van der Waals surface area contributed by atoms with E-state index in [1.165, 1.54) is 17.6 Å². The van der Waals surface area contributed by atoms with Gasteiger partial charge in [-0.15, -0.1) is 0 Å². The first-order chi connectivity index (χ1) is 14.1. The van der Waals surface area contributed by atoms with Crippen molar-refractivity contribution in [1.29, 1.82) is 0 Å². The van der Waals surface area contributed by atoms with E-state index in [1.807, 2.05) is 0 Å². The van der Waals surface area contributed by atoms with Gasteiger partial charge in [0.25, 0.3) is 0 Å². The molecule has 0 aromatic rings. The van der Waals surface area contributed by atoms with Crippen molar-refractivity contribution in [3.8, 4) is 0 Å². The maximum Gasteiger partial charge on any atom is 0.159 e. The van der Waals surface area contributed by atoms with Gasteiger partial charge in [-0.25, -0.2) is 0 Å².